The highest BCUT2D eigenvalue weighted by Gasteiger charge is 2.16. The lowest BCUT2D eigenvalue weighted by atomic mass is 10.2. The van der Waals surface area contributed by atoms with Gasteiger partial charge < -0.3 is 5.32 Å². The summed E-state index contributed by atoms with van der Waals surface area (Å²) >= 11 is 0. The van der Waals surface area contributed by atoms with Crippen LogP contribution in [0.4, 0.5) is 5.69 Å². The summed E-state index contributed by atoms with van der Waals surface area (Å²) in [6, 6.07) is 4.82. The number of hydrogen-bond donors (Lipinski definition) is 2. The SMILES string of the molecule is CCCNS(=O)(=O)c1cc(NC(C)=O)ccc1C. The zero-order chi connectivity index (χ0) is 13.8. The first-order valence-corrected chi connectivity index (χ1v) is 7.23. The minimum absolute atomic E-state index is 0.196. The highest BCUT2D eigenvalue weighted by Crippen LogP contribution is 2.20. The van der Waals surface area contributed by atoms with E-state index in [4.69, 9.17) is 0 Å². The number of nitrogens with one attached hydrogen (secondary N) is 2. The molecule has 0 atom stereocenters. The molecule has 0 heterocycles. The molecule has 0 aliphatic carbocycles. The first-order valence-electron chi connectivity index (χ1n) is 5.74. The second-order valence-corrected chi connectivity index (χ2v) is 5.79. The summed E-state index contributed by atoms with van der Waals surface area (Å²) in [5.74, 6) is -0.233. The summed E-state index contributed by atoms with van der Waals surface area (Å²) in [4.78, 5) is 11.2. The first kappa shape index (κ1) is 14.7. The van der Waals surface area contributed by atoms with E-state index < -0.39 is 10.0 Å². The molecule has 0 saturated heterocycles. The predicted molar refractivity (Wildman–Crippen MR) is 71.0 cm³/mol. The van der Waals surface area contributed by atoms with Crippen molar-refractivity contribution in [2.24, 2.45) is 0 Å². The van der Waals surface area contributed by atoms with E-state index in [0.29, 0.717) is 17.8 Å². The average molecular weight is 270 g/mol. The van der Waals surface area contributed by atoms with E-state index in [1.54, 1.807) is 19.1 Å². The van der Waals surface area contributed by atoms with Gasteiger partial charge in [0.15, 0.2) is 0 Å². The molecule has 1 amide bonds. The molecule has 0 aliphatic rings. The van der Waals surface area contributed by atoms with Crippen LogP contribution in [0.2, 0.25) is 0 Å². The number of amides is 1. The Hall–Kier alpha value is -1.40. The topological polar surface area (TPSA) is 75.3 Å². The smallest absolute Gasteiger partial charge is 0.240 e. The molecule has 0 unspecified atom stereocenters. The lowest BCUT2D eigenvalue weighted by molar-refractivity contribution is -0.114. The Balaban J connectivity index is 3.11. The van der Waals surface area contributed by atoms with E-state index in [0.717, 1.165) is 6.42 Å². The van der Waals surface area contributed by atoms with Crippen molar-refractivity contribution in [3.8, 4) is 0 Å². The van der Waals surface area contributed by atoms with Crippen LogP contribution < -0.4 is 10.0 Å². The molecular weight excluding hydrogens is 252 g/mol. The van der Waals surface area contributed by atoms with Gasteiger partial charge in [-0.1, -0.05) is 13.0 Å². The number of aryl methyl sites for hydroxylation is 1. The minimum atomic E-state index is -3.51. The number of benzene rings is 1. The van der Waals surface area contributed by atoms with Gasteiger partial charge in [0.1, 0.15) is 0 Å². The maximum absolute atomic E-state index is 12.0. The third kappa shape index (κ3) is 3.82. The zero-order valence-electron chi connectivity index (χ0n) is 10.8. The molecule has 18 heavy (non-hydrogen) atoms. The Morgan fingerprint density at radius 3 is 2.56 bits per heavy atom. The van der Waals surface area contributed by atoms with E-state index in [9.17, 15) is 13.2 Å². The van der Waals surface area contributed by atoms with Crippen LogP contribution in [-0.4, -0.2) is 20.9 Å². The number of anilines is 1. The van der Waals surface area contributed by atoms with Crippen LogP contribution in [0.5, 0.6) is 0 Å². The van der Waals surface area contributed by atoms with Gasteiger partial charge >= 0.3 is 0 Å². The highest BCUT2D eigenvalue weighted by atomic mass is 32.2. The Morgan fingerprint density at radius 2 is 2.00 bits per heavy atom. The molecule has 0 spiro atoms. The third-order valence-corrected chi connectivity index (χ3v) is 3.94. The molecule has 6 heteroatoms. The van der Waals surface area contributed by atoms with Gasteiger partial charge in [0.05, 0.1) is 4.90 Å². The van der Waals surface area contributed by atoms with Crippen molar-refractivity contribution in [1.29, 1.82) is 0 Å². The molecule has 0 saturated carbocycles. The lowest BCUT2D eigenvalue weighted by Crippen LogP contribution is -2.25. The monoisotopic (exact) mass is 270 g/mol. The standard InChI is InChI=1S/C12H18N2O3S/c1-4-7-13-18(16,17)12-8-11(14-10(3)15)6-5-9(12)2/h5-6,8,13H,4,7H2,1-3H3,(H,14,15). The third-order valence-electron chi connectivity index (χ3n) is 2.34. The normalized spacial score (nSPS) is 11.3. The highest BCUT2D eigenvalue weighted by molar-refractivity contribution is 7.89. The molecule has 0 fully saturated rings. The van der Waals surface area contributed by atoms with E-state index in [1.807, 2.05) is 6.92 Å². The first-order chi connectivity index (χ1) is 8.36. The van der Waals surface area contributed by atoms with Gasteiger partial charge in [0.2, 0.25) is 15.9 Å². The molecule has 5 nitrogen and oxygen atoms in total. The Labute approximate surface area is 108 Å². The quantitative estimate of drug-likeness (QED) is 0.854. The number of sulfonamides is 1. The Morgan fingerprint density at radius 1 is 1.33 bits per heavy atom. The Kier molecular flexibility index (Phi) is 4.86. The number of carbonyl (C=O) groups is 1. The molecule has 0 aromatic heterocycles. The molecule has 0 aliphatic heterocycles. The van der Waals surface area contributed by atoms with Gasteiger partial charge in [-0.25, -0.2) is 13.1 Å². The maximum Gasteiger partial charge on any atom is 0.240 e. The average Bonchev–Trinajstić information content (AvgIpc) is 2.28. The molecule has 100 valence electrons. The lowest BCUT2D eigenvalue weighted by Gasteiger charge is -2.10. The van der Waals surface area contributed by atoms with Crippen LogP contribution in [0.25, 0.3) is 0 Å². The van der Waals surface area contributed by atoms with Crippen LogP contribution in [0.3, 0.4) is 0 Å². The second kappa shape index (κ2) is 5.97. The molecular formula is C12H18N2O3S. The van der Waals surface area contributed by atoms with Crippen LogP contribution in [0.15, 0.2) is 23.1 Å². The van der Waals surface area contributed by atoms with Crippen molar-refractivity contribution >= 4 is 21.6 Å². The van der Waals surface area contributed by atoms with Crippen molar-refractivity contribution in [2.45, 2.75) is 32.1 Å². The number of rotatable bonds is 5. The molecule has 1 aromatic carbocycles. The number of carbonyl (C=O) groups excluding carboxylic acids is 1. The largest absolute Gasteiger partial charge is 0.326 e. The molecule has 0 radical (unpaired) electrons. The fraction of sp³-hybridized carbons (Fsp3) is 0.417. The van der Waals surface area contributed by atoms with E-state index in [2.05, 4.69) is 10.0 Å². The molecule has 2 N–H and O–H groups in total. The van der Waals surface area contributed by atoms with E-state index in [-0.39, 0.29) is 10.8 Å². The fourth-order valence-electron chi connectivity index (χ4n) is 1.48. The fourth-order valence-corrected chi connectivity index (χ4v) is 2.89. The van der Waals surface area contributed by atoms with Crippen LogP contribution >= 0.6 is 0 Å². The van der Waals surface area contributed by atoms with Gasteiger partial charge in [0, 0.05) is 19.2 Å². The molecule has 0 bridgehead atoms. The van der Waals surface area contributed by atoms with Gasteiger partial charge in [-0.15, -0.1) is 0 Å². The summed E-state index contributed by atoms with van der Waals surface area (Å²) in [5, 5.41) is 2.57. The summed E-state index contributed by atoms with van der Waals surface area (Å²) < 4.78 is 26.6. The van der Waals surface area contributed by atoms with Crippen molar-refractivity contribution in [1.82, 2.24) is 4.72 Å². The maximum atomic E-state index is 12.0. The van der Waals surface area contributed by atoms with Crippen LogP contribution in [-0.2, 0) is 14.8 Å². The van der Waals surface area contributed by atoms with Gasteiger partial charge in [-0.3, -0.25) is 4.79 Å². The summed E-state index contributed by atoms with van der Waals surface area (Å²) in [6.45, 7) is 5.39. The second-order valence-electron chi connectivity index (χ2n) is 4.06. The summed E-state index contributed by atoms with van der Waals surface area (Å²) in [5.41, 5.74) is 1.12. The van der Waals surface area contributed by atoms with Gasteiger partial charge in [0.25, 0.3) is 0 Å². The van der Waals surface area contributed by atoms with Crippen LogP contribution in [0.1, 0.15) is 25.8 Å². The van der Waals surface area contributed by atoms with Crippen molar-refractivity contribution < 1.29 is 13.2 Å². The van der Waals surface area contributed by atoms with Gasteiger partial charge in [-0.2, -0.15) is 0 Å². The van der Waals surface area contributed by atoms with Crippen molar-refractivity contribution in [3.05, 3.63) is 23.8 Å². The minimum Gasteiger partial charge on any atom is -0.326 e. The van der Waals surface area contributed by atoms with Crippen molar-refractivity contribution in [2.75, 3.05) is 11.9 Å². The zero-order valence-corrected chi connectivity index (χ0v) is 11.6. The van der Waals surface area contributed by atoms with Gasteiger partial charge in [-0.05, 0) is 31.0 Å². The molecule has 1 rings (SSSR count). The van der Waals surface area contributed by atoms with Crippen LogP contribution in [0, 0.1) is 6.92 Å². The van der Waals surface area contributed by atoms with E-state index in [1.165, 1.54) is 13.0 Å². The van der Waals surface area contributed by atoms with E-state index >= 15 is 0 Å². The molecule has 1 aromatic rings. The van der Waals surface area contributed by atoms with Crippen molar-refractivity contribution in [3.63, 3.8) is 0 Å². The predicted octanol–water partition coefficient (Wildman–Crippen LogP) is 1.64. The number of hydrogen-bond acceptors (Lipinski definition) is 3. The summed E-state index contributed by atoms with van der Waals surface area (Å²) in [6.07, 6.45) is 0.726. The Bertz CT molecular complexity index is 538. The summed E-state index contributed by atoms with van der Waals surface area (Å²) in [7, 11) is -3.51.